The maximum absolute atomic E-state index is 4.36. The zero-order chi connectivity index (χ0) is 27.8. The van der Waals surface area contributed by atoms with Crippen molar-refractivity contribution in [2.75, 3.05) is 0 Å². The molecule has 0 saturated heterocycles. The quantitative estimate of drug-likeness (QED) is 0.210. The van der Waals surface area contributed by atoms with Gasteiger partial charge in [-0.05, 0) is 88.4 Å². The number of rotatable bonds is 6. The van der Waals surface area contributed by atoms with Crippen molar-refractivity contribution in [2.45, 2.75) is 32.1 Å². The van der Waals surface area contributed by atoms with E-state index in [4.69, 9.17) is 0 Å². The lowest BCUT2D eigenvalue weighted by Crippen LogP contribution is -2.28. The summed E-state index contributed by atoms with van der Waals surface area (Å²) in [7, 11) is 0. The molecule has 0 unspecified atom stereocenters. The van der Waals surface area contributed by atoms with Crippen molar-refractivity contribution < 1.29 is 0 Å². The molecule has 0 saturated carbocycles. The molecule has 1 aliphatic carbocycles. The molecule has 0 fully saturated rings. The third-order valence-corrected chi connectivity index (χ3v) is 8.50. The number of hydrogen-bond acceptors (Lipinski definition) is 1. The second-order valence-electron chi connectivity index (χ2n) is 11.5. The molecule has 0 atom stereocenters. The van der Waals surface area contributed by atoms with Gasteiger partial charge < -0.3 is 0 Å². The summed E-state index contributed by atoms with van der Waals surface area (Å²) in [6.07, 6.45) is 5.60. The number of fused-ring (bicyclic) bond motifs is 3. The van der Waals surface area contributed by atoms with E-state index in [1.54, 1.807) is 0 Å². The third-order valence-electron chi connectivity index (χ3n) is 8.50. The van der Waals surface area contributed by atoms with Crippen LogP contribution in [-0.4, -0.2) is 4.98 Å². The lowest BCUT2D eigenvalue weighted by molar-refractivity contribution is 0.767. The van der Waals surface area contributed by atoms with Gasteiger partial charge in [0.1, 0.15) is 0 Å². The first-order valence-electron chi connectivity index (χ1n) is 14.5. The van der Waals surface area contributed by atoms with Crippen LogP contribution in [0.5, 0.6) is 0 Å². The van der Waals surface area contributed by atoms with Crippen LogP contribution < -0.4 is 0 Å². The Kier molecular flexibility index (Phi) is 6.36. The zero-order valence-electron chi connectivity index (χ0n) is 23.6. The molecule has 6 aromatic rings. The summed E-state index contributed by atoms with van der Waals surface area (Å²) in [6.45, 7) is 4.38. The Morgan fingerprint density at radius 2 is 1.02 bits per heavy atom. The molecule has 1 nitrogen and oxygen atoms in total. The predicted molar refractivity (Wildman–Crippen MR) is 170 cm³/mol. The maximum atomic E-state index is 4.36. The van der Waals surface area contributed by atoms with E-state index in [-0.39, 0.29) is 5.41 Å². The molecule has 5 aromatic carbocycles. The molecule has 198 valence electrons. The van der Waals surface area contributed by atoms with Gasteiger partial charge in [0, 0.05) is 12.4 Å². The zero-order valence-corrected chi connectivity index (χ0v) is 23.6. The van der Waals surface area contributed by atoms with Crippen LogP contribution in [0.25, 0.3) is 11.1 Å². The molecule has 0 aliphatic heterocycles. The highest BCUT2D eigenvalue weighted by molar-refractivity contribution is 5.87. The van der Waals surface area contributed by atoms with E-state index >= 15 is 0 Å². The van der Waals surface area contributed by atoms with Crippen LogP contribution in [0.1, 0.15) is 55.6 Å². The summed E-state index contributed by atoms with van der Waals surface area (Å²) in [5, 5.41) is 0. The molecular weight excluding hydrogens is 494 g/mol. The molecule has 0 radical (unpaired) electrons. The summed E-state index contributed by atoms with van der Waals surface area (Å²) in [5.74, 6) is 0. The van der Waals surface area contributed by atoms with Crippen molar-refractivity contribution in [1.82, 2.24) is 4.98 Å². The summed E-state index contributed by atoms with van der Waals surface area (Å²) < 4.78 is 0. The average molecular weight is 528 g/mol. The van der Waals surface area contributed by atoms with Crippen LogP contribution in [0, 0.1) is 13.8 Å². The van der Waals surface area contributed by atoms with Crippen LogP contribution >= 0.6 is 0 Å². The molecule has 41 heavy (non-hydrogen) atoms. The Balaban J connectivity index is 1.45. The predicted octanol–water partition coefficient (Wildman–Crippen LogP) is 9.24. The average Bonchev–Trinajstić information content (AvgIpc) is 3.28. The van der Waals surface area contributed by atoms with Gasteiger partial charge in [-0.2, -0.15) is 0 Å². The lowest BCUT2D eigenvalue weighted by Gasteiger charge is -2.34. The van der Waals surface area contributed by atoms with E-state index in [2.05, 4.69) is 140 Å². The fraction of sp³-hybridized carbons (Fsp3) is 0.125. The first-order chi connectivity index (χ1) is 20.1. The molecule has 0 bridgehead atoms. The van der Waals surface area contributed by atoms with Gasteiger partial charge >= 0.3 is 0 Å². The Morgan fingerprint density at radius 3 is 1.54 bits per heavy atom. The van der Waals surface area contributed by atoms with Gasteiger partial charge in [0.05, 0.1) is 5.41 Å². The van der Waals surface area contributed by atoms with E-state index in [0.29, 0.717) is 0 Å². The van der Waals surface area contributed by atoms with Gasteiger partial charge in [-0.1, -0.05) is 132 Å². The number of aromatic nitrogens is 1. The van der Waals surface area contributed by atoms with Crippen molar-refractivity contribution in [1.29, 1.82) is 0 Å². The van der Waals surface area contributed by atoms with E-state index < -0.39 is 0 Å². The van der Waals surface area contributed by atoms with Crippen LogP contribution in [0.2, 0.25) is 0 Å². The number of nitrogens with zero attached hydrogens (tertiary/aromatic N) is 1. The van der Waals surface area contributed by atoms with E-state index in [1.165, 1.54) is 66.8 Å². The SMILES string of the molecule is Cc1cc(C)cc(Cc2ccc3c(c2)-c2cc(Cc4cccnc4)ccc2C3(c2ccccc2)c2ccccc2)c1. The molecule has 1 aliphatic rings. The highest BCUT2D eigenvalue weighted by Crippen LogP contribution is 2.56. The van der Waals surface area contributed by atoms with E-state index in [9.17, 15) is 0 Å². The monoisotopic (exact) mass is 527 g/mol. The van der Waals surface area contributed by atoms with Crippen molar-refractivity contribution in [2.24, 2.45) is 0 Å². The minimum absolute atomic E-state index is 0.377. The summed E-state index contributed by atoms with van der Waals surface area (Å²) in [5.41, 5.74) is 15.5. The van der Waals surface area contributed by atoms with Crippen molar-refractivity contribution in [3.05, 3.63) is 195 Å². The summed E-state index contributed by atoms with van der Waals surface area (Å²) >= 11 is 0. The molecule has 1 heteroatoms. The Labute approximate surface area is 243 Å². The first kappa shape index (κ1) is 25.2. The Hall–Kier alpha value is -4.75. The largest absolute Gasteiger partial charge is 0.264 e. The van der Waals surface area contributed by atoms with Crippen LogP contribution in [-0.2, 0) is 18.3 Å². The smallest absolute Gasteiger partial charge is 0.0713 e. The molecular formula is C40H33N. The third kappa shape index (κ3) is 4.48. The molecule has 7 rings (SSSR count). The Morgan fingerprint density at radius 1 is 0.488 bits per heavy atom. The minimum Gasteiger partial charge on any atom is -0.264 e. The topological polar surface area (TPSA) is 12.9 Å². The number of pyridine rings is 1. The molecule has 0 spiro atoms. The molecule has 1 aromatic heterocycles. The molecule has 0 amide bonds. The van der Waals surface area contributed by atoms with Gasteiger partial charge in [0.2, 0.25) is 0 Å². The second-order valence-corrected chi connectivity index (χ2v) is 11.5. The number of aryl methyl sites for hydroxylation is 2. The highest BCUT2D eigenvalue weighted by atomic mass is 14.6. The molecule has 1 heterocycles. The maximum Gasteiger partial charge on any atom is 0.0713 e. The van der Waals surface area contributed by atoms with Gasteiger partial charge in [-0.15, -0.1) is 0 Å². The van der Waals surface area contributed by atoms with Gasteiger partial charge in [0.25, 0.3) is 0 Å². The van der Waals surface area contributed by atoms with Crippen LogP contribution in [0.15, 0.2) is 140 Å². The van der Waals surface area contributed by atoms with E-state index in [1.807, 2.05) is 18.5 Å². The van der Waals surface area contributed by atoms with Crippen molar-refractivity contribution in [3.8, 4) is 11.1 Å². The minimum atomic E-state index is -0.377. The fourth-order valence-corrected chi connectivity index (χ4v) is 6.96. The highest BCUT2D eigenvalue weighted by Gasteiger charge is 2.46. The van der Waals surface area contributed by atoms with Gasteiger partial charge in [-0.25, -0.2) is 0 Å². The second kappa shape index (κ2) is 10.3. The van der Waals surface area contributed by atoms with Gasteiger partial charge in [0.15, 0.2) is 0 Å². The number of benzene rings is 5. The van der Waals surface area contributed by atoms with E-state index in [0.717, 1.165) is 12.8 Å². The Bertz CT molecular complexity index is 1780. The first-order valence-corrected chi connectivity index (χ1v) is 14.5. The molecule has 0 N–H and O–H groups in total. The standard InChI is InChI=1S/C40H33N/c1-28-20-29(2)22-33(21-28)24-31-16-18-39-37(26-31)36-25-30(23-32-10-9-19-41-27-32)15-17-38(36)40(39,34-11-5-3-6-12-34)35-13-7-4-8-14-35/h3-22,25-27H,23-24H2,1-2H3. The summed E-state index contributed by atoms with van der Waals surface area (Å²) in [6, 6.07) is 47.5. The fourth-order valence-electron chi connectivity index (χ4n) is 6.96. The lowest BCUT2D eigenvalue weighted by atomic mass is 9.67. The summed E-state index contributed by atoms with van der Waals surface area (Å²) in [4.78, 5) is 4.36. The normalized spacial score (nSPS) is 13.0. The van der Waals surface area contributed by atoms with Crippen molar-refractivity contribution in [3.63, 3.8) is 0 Å². The van der Waals surface area contributed by atoms with Crippen LogP contribution in [0.4, 0.5) is 0 Å². The van der Waals surface area contributed by atoms with Crippen LogP contribution in [0.3, 0.4) is 0 Å². The van der Waals surface area contributed by atoms with Crippen molar-refractivity contribution >= 4 is 0 Å². The number of hydrogen-bond donors (Lipinski definition) is 0. The van der Waals surface area contributed by atoms with Gasteiger partial charge in [-0.3, -0.25) is 4.98 Å².